The Morgan fingerprint density at radius 1 is 0.986 bits per heavy atom. The SMILES string of the molecule is C=CC(=O)N1CCN(c2nc(NCCC(=O)N3CCN(Cc4ccc(N(C(=N)c5cc(C(C)C)c(O)cc5O)C(N)=O)cc4)CC3)nc3c2CCN(c2cccc4cccc(Cl)c24)C3)C[C@H]1CC#N. The van der Waals surface area contributed by atoms with Crippen molar-refractivity contribution in [2.24, 2.45) is 5.73 Å². The number of fused-ring (bicyclic) bond motifs is 2. The zero-order valence-corrected chi connectivity index (χ0v) is 39.6. The molecule has 69 heavy (non-hydrogen) atoms. The van der Waals surface area contributed by atoms with Crippen LogP contribution < -0.4 is 25.8 Å². The number of benzene rings is 4. The average Bonchev–Trinajstić information content (AvgIpc) is 3.34. The van der Waals surface area contributed by atoms with Crippen LogP contribution in [0.25, 0.3) is 10.8 Å². The lowest BCUT2D eigenvalue weighted by Crippen LogP contribution is -2.55. The van der Waals surface area contributed by atoms with Crippen molar-refractivity contribution in [1.29, 1.82) is 10.7 Å². The van der Waals surface area contributed by atoms with Gasteiger partial charge >= 0.3 is 6.03 Å². The first-order valence-electron chi connectivity index (χ1n) is 23.2. The highest BCUT2D eigenvalue weighted by atomic mass is 35.5. The molecule has 0 bridgehead atoms. The molecule has 1 atom stereocenters. The lowest BCUT2D eigenvalue weighted by atomic mass is 9.98. The number of anilines is 4. The van der Waals surface area contributed by atoms with Crippen LogP contribution in [0.4, 0.5) is 27.9 Å². The fourth-order valence-corrected chi connectivity index (χ4v) is 9.85. The van der Waals surface area contributed by atoms with Gasteiger partial charge in [0.15, 0.2) is 0 Å². The molecule has 0 spiro atoms. The number of carbonyl (C=O) groups is 3. The molecule has 3 aliphatic heterocycles. The smallest absolute Gasteiger partial charge is 0.325 e. The maximum Gasteiger partial charge on any atom is 0.325 e. The highest BCUT2D eigenvalue weighted by Gasteiger charge is 2.34. The molecular formula is C51H57ClN12O5. The number of carbonyl (C=O) groups excluding carboxylic acids is 3. The number of phenols is 2. The Kier molecular flexibility index (Phi) is 14.5. The maximum atomic E-state index is 13.6. The summed E-state index contributed by atoms with van der Waals surface area (Å²) in [6, 6.07) is 22.9. The van der Waals surface area contributed by atoms with Crippen LogP contribution in [0.1, 0.15) is 60.6 Å². The summed E-state index contributed by atoms with van der Waals surface area (Å²) in [5.41, 5.74) is 10.5. The zero-order valence-electron chi connectivity index (χ0n) is 38.9. The van der Waals surface area contributed by atoms with Gasteiger partial charge in [0.1, 0.15) is 23.2 Å². The number of hydrogen-bond acceptors (Lipinski definition) is 13. The topological polar surface area (TPSA) is 223 Å². The number of hydrogen-bond donors (Lipinski definition) is 5. The molecular weight excluding hydrogens is 896 g/mol. The Labute approximate surface area is 406 Å². The number of primary amides is 1. The molecule has 5 aromatic rings. The number of nitrogens with zero attached hydrogens (tertiary/aromatic N) is 9. The van der Waals surface area contributed by atoms with Gasteiger partial charge in [-0.2, -0.15) is 10.2 Å². The minimum atomic E-state index is -0.892. The number of nitrogens with two attached hydrogens (primary N) is 1. The van der Waals surface area contributed by atoms with Crippen molar-refractivity contribution in [3.05, 3.63) is 118 Å². The van der Waals surface area contributed by atoms with Gasteiger partial charge in [0.2, 0.25) is 17.8 Å². The molecule has 0 aliphatic carbocycles. The first kappa shape index (κ1) is 48.1. The van der Waals surface area contributed by atoms with Gasteiger partial charge in [-0.25, -0.2) is 14.7 Å². The molecule has 6 N–H and O–H groups in total. The Morgan fingerprint density at radius 3 is 2.42 bits per heavy atom. The quantitative estimate of drug-likeness (QED) is 0.0482. The number of halogens is 1. The molecule has 4 aromatic carbocycles. The van der Waals surface area contributed by atoms with E-state index < -0.39 is 6.03 Å². The van der Waals surface area contributed by atoms with E-state index in [4.69, 9.17) is 32.7 Å². The van der Waals surface area contributed by atoms with Gasteiger partial charge in [0.25, 0.3) is 0 Å². The number of amides is 4. The number of aromatic nitrogens is 2. The number of phenolic OH excluding ortho intramolecular Hbond substituents is 2. The van der Waals surface area contributed by atoms with E-state index in [1.807, 2.05) is 49.1 Å². The minimum Gasteiger partial charge on any atom is -0.508 e. The Bertz CT molecular complexity index is 2820. The summed E-state index contributed by atoms with van der Waals surface area (Å²) in [6.07, 6.45) is 2.37. The van der Waals surface area contributed by atoms with Crippen LogP contribution in [-0.4, -0.2) is 124 Å². The van der Waals surface area contributed by atoms with Crippen molar-refractivity contribution in [3.8, 4) is 17.6 Å². The van der Waals surface area contributed by atoms with Gasteiger partial charge in [-0.1, -0.05) is 68.4 Å². The molecule has 2 fully saturated rings. The molecule has 3 aliphatic rings. The largest absolute Gasteiger partial charge is 0.508 e. The van der Waals surface area contributed by atoms with Crippen LogP contribution in [0.15, 0.2) is 85.5 Å². The summed E-state index contributed by atoms with van der Waals surface area (Å²) >= 11 is 6.77. The Morgan fingerprint density at radius 2 is 1.72 bits per heavy atom. The highest BCUT2D eigenvalue weighted by molar-refractivity contribution is 6.36. The second-order valence-electron chi connectivity index (χ2n) is 17.9. The van der Waals surface area contributed by atoms with Crippen molar-refractivity contribution in [2.45, 2.75) is 58.2 Å². The minimum absolute atomic E-state index is 0.0141. The highest BCUT2D eigenvalue weighted by Crippen LogP contribution is 2.38. The van der Waals surface area contributed by atoms with E-state index in [2.05, 4.69) is 50.9 Å². The summed E-state index contributed by atoms with van der Waals surface area (Å²) in [5, 5.41) is 45.4. The van der Waals surface area contributed by atoms with Crippen LogP contribution >= 0.6 is 11.6 Å². The predicted octanol–water partition coefficient (Wildman–Crippen LogP) is 6.55. The number of nitriles is 1. The summed E-state index contributed by atoms with van der Waals surface area (Å²) < 4.78 is 0. The van der Waals surface area contributed by atoms with Gasteiger partial charge in [0.05, 0.1) is 47.0 Å². The standard InChI is InChI=1S/C51H57ClN12O5/c1-4-45(67)63-26-25-62(30-36(63)15-18-53)49-37-17-20-61(42-10-6-8-34-7-5-9-40(52)47(34)42)31-41(37)57-51(58-49)56-19-16-46(68)60-23-21-59(22-24-60)29-33-11-13-35(14-12-33)64(50(55)69)48(54)39-27-38(32(2)3)43(65)28-44(39)66/h4-14,27-28,32,36,54,65-66H,1,15-17,19-26,29-31H2,2-3H3,(H2,55,69)(H,56,57,58)/t36-/m1/s1. The van der Waals surface area contributed by atoms with Gasteiger partial charge < -0.3 is 40.9 Å². The van der Waals surface area contributed by atoms with E-state index >= 15 is 0 Å². The maximum absolute atomic E-state index is 13.6. The zero-order chi connectivity index (χ0) is 48.9. The van der Waals surface area contributed by atoms with Crippen molar-refractivity contribution in [3.63, 3.8) is 0 Å². The summed E-state index contributed by atoms with van der Waals surface area (Å²) in [6.45, 7) is 13.3. The number of urea groups is 1. The fraction of sp³-hybridized carbons (Fsp3) is 0.353. The monoisotopic (exact) mass is 952 g/mol. The van der Waals surface area contributed by atoms with Crippen molar-refractivity contribution in [1.82, 2.24) is 24.7 Å². The van der Waals surface area contributed by atoms with Crippen molar-refractivity contribution >= 4 is 69.2 Å². The molecule has 0 radical (unpaired) electrons. The normalized spacial score (nSPS) is 16.2. The number of rotatable bonds is 13. The molecule has 0 unspecified atom stereocenters. The molecule has 1 aromatic heterocycles. The molecule has 17 nitrogen and oxygen atoms in total. The third kappa shape index (κ3) is 10.4. The molecule has 8 rings (SSSR count). The molecule has 0 saturated carbocycles. The Balaban J connectivity index is 0.906. The third-order valence-electron chi connectivity index (χ3n) is 13.2. The first-order chi connectivity index (χ1) is 33.2. The summed E-state index contributed by atoms with van der Waals surface area (Å²) in [5.74, 6) is 0.133. The van der Waals surface area contributed by atoms with Crippen LogP contribution in [0.2, 0.25) is 5.02 Å². The lowest BCUT2D eigenvalue weighted by Gasteiger charge is -2.42. The van der Waals surface area contributed by atoms with Crippen LogP contribution in [0.5, 0.6) is 11.5 Å². The number of aromatic hydroxyl groups is 2. The first-order valence-corrected chi connectivity index (χ1v) is 23.6. The van der Waals surface area contributed by atoms with Gasteiger partial charge in [0, 0.05) is 94.6 Å². The fourth-order valence-electron chi connectivity index (χ4n) is 9.57. The number of amidine groups is 1. The summed E-state index contributed by atoms with van der Waals surface area (Å²) in [4.78, 5) is 60.3. The van der Waals surface area contributed by atoms with E-state index in [9.17, 15) is 29.9 Å². The second kappa shape index (κ2) is 20.8. The number of piperazine rings is 2. The van der Waals surface area contributed by atoms with E-state index in [1.54, 1.807) is 17.0 Å². The van der Waals surface area contributed by atoms with E-state index in [0.717, 1.165) is 44.0 Å². The molecule has 4 amide bonds. The molecule has 2 saturated heterocycles. The van der Waals surface area contributed by atoms with Gasteiger partial charge in [-0.15, -0.1) is 0 Å². The van der Waals surface area contributed by atoms with Crippen molar-refractivity contribution in [2.75, 3.05) is 78.9 Å². The average molecular weight is 954 g/mol. The van der Waals surface area contributed by atoms with E-state index in [1.165, 1.54) is 18.2 Å². The molecule has 4 heterocycles. The summed E-state index contributed by atoms with van der Waals surface area (Å²) in [7, 11) is 0. The van der Waals surface area contributed by atoms with Crippen LogP contribution in [0, 0.1) is 16.7 Å². The second-order valence-corrected chi connectivity index (χ2v) is 18.3. The lowest BCUT2D eigenvalue weighted by molar-refractivity contribution is -0.132. The van der Waals surface area contributed by atoms with Gasteiger partial charge in [-0.3, -0.25) is 19.9 Å². The van der Waals surface area contributed by atoms with Crippen molar-refractivity contribution < 1.29 is 24.6 Å². The van der Waals surface area contributed by atoms with E-state index in [-0.39, 0.29) is 59.5 Å². The predicted molar refractivity (Wildman–Crippen MR) is 268 cm³/mol. The van der Waals surface area contributed by atoms with Crippen LogP contribution in [0.3, 0.4) is 0 Å². The number of nitrogens with one attached hydrogen (secondary N) is 2. The third-order valence-corrected chi connectivity index (χ3v) is 13.5. The van der Waals surface area contributed by atoms with Gasteiger partial charge in [-0.05, 0) is 65.3 Å². The molecule has 358 valence electrons. The Hall–Kier alpha value is -7.42. The molecule has 18 heteroatoms. The van der Waals surface area contributed by atoms with Crippen LogP contribution in [-0.2, 0) is 29.1 Å². The van der Waals surface area contributed by atoms with E-state index in [0.29, 0.717) is 101 Å².